The molecule has 0 saturated carbocycles. The quantitative estimate of drug-likeness (QED) is 0.847. The third kappa shape index (κ3) is 2.65. The summed E-state index contributed by atoms with van der Waals surface area (Å²) in [5.74, 6) is -0.205. The van der Waals surface area contributed by atoms with Gasteiger partial charge in [0.25, 0.3) is 0 Å². The van der Waals surface area contributed by atoms with E-state index in [2.05, 4.69) is 4.90 Å². The summed E-state index contributed by atoms with van der Waals surface area (Å²) in [5.41, 5.74) is 8.42. The zero-order chi connectivity index (χ0) is 13.3. The number of aryl methyl sites for hydroxylation is 1. The molecular weight excluding hydrogens is 231 g/mol. The van der Waals surface area contributed by atoms with Crippen LogP contribution >= 0.6 is 0 Å². The van der Waals surface area contributed by atoms with E-state index in [0.717, 1.165) is 37.2 Å². The van der Waals surface area contributed by atoms with Crippen molar-refractivity contribution in [1.29, 1.82) is 0 Å². The van der Waals surface area contributed by atoms with Crippen molar-refractivity contribution in [2.45, 2.75) is 38.8 Å². The fraction of sp³-hybridized carbons (Fsp3) is 0.571. The lowest BCUT2D eigenvalue weighted by molar-refractivity contribution is 0.145. The lowest BCUT2D eigenvalue weighted by atomic mass is 10.00. The van der Waals surface area contributed by atoms with Crippen molar-refractivity contribution in [2.24, 2.45) is 5.73 Å². The Labute approximate surface area is 107 Å². The SMILES string of the molecule is Cc1cc(N2CCC(O)CC2)c([C@H](C)N)cc1F. The summed E-state index contributed by atoms with van der Waals surface area (Å²) in [6, 6.07) is 3.22. The van der Waals surface area contributed by atoms with E-state index in [-0.39, 0.29) is 18.0 Å². The Bertz CT molecular complexity index is 426. The molecule has 0 radical (unpaired) electrons. The van der Waals surface area contributed by atoms with Gasteiger partial charge in [-0.05, 0) is 49.9 Å². The van der Waals surface area contributed by atoms with Crippen LogP contribution in [0.1, 0.15) is 36.9 Å². The third-order valence-corrected chi connectivity index (χ3v) is 3.60. The van der Waals surface area contributed by atoms with Crippen LogP contribution < -0.4 is 10.6 Å². The van der Waals surface area contributed by atoms with Crippen molar-refractivity contribution >= 4 is 5.69 Å². The fourth-order valence-corrected chi connectivity index (χ4v) is 2.43. The standard InChI is InChI=1S/C14H21FN2O/c1-9-7-14(12(10(2)16)8-13(9)15)17-5-3-11(18)4-6-17/h7-8,10-11,18H,3-6,16H2,1-2H3/t10-/m0/s1. The minimum atomic E-state index is -0.207. The van der Waals surface area contributed by atoms with E-state index in [1.165, 1.54) is 0 Å². The number of nitrogens with two attached hydrogens (primary N) is 1. The molecule has 1 atom stereocenters. The van der Waals surface area contributed by atoms with Crippen molar-refractivity contribution < 1.29 is 9.50 Å². The second-order valence-electron chi connectivity index (χ2n) is 5.17. The predicted molar refractivity (Wildman–Crippen MR) is 71.2 cm³/mol. The predicted octanol–water partition coefficient (Wildman–Crippen LogP) is 2.11. The van der Waals surface area contributed by atoms with E-state index in [1.54, 1.807) is 13.0 Å². The molecule has 3 N–H and O–H groups in total. The molecule has 100 valence electrons. The first-order valence-electron chi connectivity index (χ1n) is 6.47. The first-order valence-corrected chi connectivity index (χ1v) is 6.47. The van der Waals surface area contributed by atoms with Gasteiger partial charge in [0.2, 0.25) is 0 Å². The minimum Gasteiger partial charge on any atom is -0.393 e. The van der Waals surface area contributed by atoms with Crippen molar-refractivity contribution in [2.75, 3.05) is 18.0 Å². The number of hydrogen-bond acceptors (Lipinski definition) is 3. The highest BCUT2D eigenvalue weighted by Crippen LogP contribution is 2.30. The number of benzene rings is 1. The number of aliphatic hydroxyl groups is 1. The van der Waals surface area contributed by atoms with Gasteiger partial charge in [-0.3, -0.25) is 0 Å². The fourth-order valence-electron chi connectivity index (χ4n) is 2.43. The van der Waals surface area contributed by atoms with Gasteiger partial charge in [-0.15, -0.1) is 0 Å². The minimum absolute atomic E-state index is 0.193. The molecule has 3 nitrogen and oxygen atoms in total. The van der Waals surface area contributed by atoms with Crippen LogP contribution in [0.15, 0.2) is 12.1 Å². The molecule has 0 aromatic heterocycles. The number of anilines is 1. The summed E-state index contributed by atoms with van der Waals surface area (Å²) in [6.45, 7) is 5.23. The van der Waals surface area contributed by atoms with Gasteiger partial charge < -0.3 is 15.7 Å². The van der Waals surface area contributed by atoms with Gasteiger partial charge in [0.05, 0.1) is 6.10 Å². The highest BCUT2D eigenvalue weighted by Gasteiger charge is 2.21. The topological polar surface area (TPSA) is 49.5 Å². The highest BCUT2D eigenvalue weighted by atomic mass is 19.1. The maximum absolute atomic E-state index is 13.6. The number of halogens is 1. The van der Waals surface area contributed by atoms with Crippen molar-refractivity contribution in [3.05, 3.63) is 29.1 Å². The van der Waals surface area contributed by atoms with Gasteiger partial charge in [-0.2, -0.15) is 0 Å². The van der Waals surface area contributed by atoms with Crippen molar-refractivity contribution in [3.63, 3.8) is 0 Å². The van der Waals surface area contributed by atoms with Crippen LogP contribution in [0.3, 0.4) is 0 Å². The Morgan fingerprint density at radius 1 is 1.39 bits per heavy atom. The summed E-state index contributed by atoms with van der Waals surface area (Å²) in [6.07, 6.45) is 1.31. The monoisotopic (exact) mass is 252 g/mol. The molecule has 0 amide bonds. The summed E-state index contributed by atoms with van der Waals surface area (Å²) in [4.78, 5) is 2.19. The van der Waals surface area contributed by atoms with Gasteiger partial charge in [-0.1, -0.05) is 0 Å². The first-order chi connectivity index (χ1) is 8.49. The summed E-state index contributed by atoms with van der Waals surface area (Å²) in [7, 11) is 0. The molecule has 1 heterocycles. The normalized spacial score (nSPS) is 19.1. The number of hydrogen-bond donors (Lipinski definition) is 2. The molecule has 4 heteroatoms. The van der Waals surface area contributed by atoms with Crippen LogP contribution in [0.5, 0.6) is 0 Å². The lowest BCUT2D eigenvalue weighted by Crippen LogP contribution is -2.36. The zero-order valence-electron chi connectivity index (χ0n) is 11.0. The Hall–Kier alpha value is -1.13. The molecule has 1 saturated heterocycles. The van der Waals surface area contributed by atoms with Crippen LogP contribution in [-0.4, -0.2) is 24.3 Å². The van der Waals surface area contributed by atoms with Crippen molar-refractivity contribution in [3.8, 4) is 0 Å². The van der Waals surface area contributed by atoms with E-state index in [1.807, 2.05) is 13.0 Å². The molecule has 0 bridgehead atoms. The Balaban J connectivity index is 2.33. The summed E-state index contributed by atoms with van der Waals surface area (Å²) in [5, 5.41) is 9.54. The molecule has 0 aliphatic carbocycles. The molecule has 2 rings (SSSR count). The van der Waals surface area contributed by atoms with Crippen LogP contribution in [-0.2, 0) is 0 Å². The second-order valence-corrected chi connectivity index (χ2v) is 5.17. The molecule has 1 fully saturated rings. The number of piperidine rings is 1. The molecule has 1 aromatic rings. The van der Waals surface area contributed by atoms with E-state index in [4.69, 9.17) is 5.73 Å². The molecule has 0 unspecified atom stereocenters. The number of nitrogens with zero attached hydrogens (tertiary/aromatic N) is 1. The van der Waals surface area contributed by atoms with Gasteiger partial charge in [0.1, 0.15) is 5.82 Å². The van der Waals surface area contributed by atoms with Crippen LogP contribution in [0.2, 0.25) is 0 Å². The van der Waals surface area contributed by atoms with E-state index in [0.29, 0.717) is 5.56 Å². The van der Waals surface area contributed by atoms with Crippen molar-refractivity contribution in [1.82, 2.24) is 0 Å². The molecule has 1 aliphatic heterocycles. The highest BCUT2D eigenvalue weighted by molar-refractivity contribution is 5.57. The van der Waals surface area contributed by atoms with Gasteiger partial charge >= 0.3 is 0 Å². The van der Waals surface area contributed by atoms with Gasteiger partial charge in [0, 0.05) is 24.8 Å². The average molecular weight is 252 g/mol. The first kappa shape index (κ1) is 13.3. The molecule has 1 aromatic carbocycles. The second kappa shape index (κ2) is 5.24. The van der Waals surface area contributed by atoms with Crippen LogP contribution in [0, 0.1) is 12.7 Å². The van der Waals surface area contributed by atoms with E-state index < -0.39 is 0 Å². The Kier molecular flexibility index (Phi) is 3.88. The molecule has 0 spiro atoms. The van der Waals surface area contributed by atoms with E-state index in [9.17, 15) is 9.50 Å². The van der Waals surface area contributed by atoms with Crippen LogP contribution in [0.4, 0.5) is 10.1 Å². The smallest absolute Gasteiger partial charge is 0.126 e. The maximum Gasteiger partial charge on any atom is 0.126 e. The largest absolute Gasteiger partial charge is 0.393 e. The van der Waals surface area contributed by atoms with Gasteiger partial charge in [-0.25, -0.2) is 4.39 Å². The third-order valence-electron chi connectivity index (χ3n) is 3.60. The number of rotatable bonds is 2. The lowest BCUT2D eigenvalue weighted by Gasteiger charge is -2.33. The summed E-state index contributed by atoms with van der Waals surface area (Å²) >= 11 is 0. The average Bonchev–Trinajstić information content (AvgIpc) is 2.33. The molecule has 18 heavy (non-hydrogen) atoms. The maximum atomic E-state index is 13.6. The van der Waals surface area contributed by atoms with Gasteiger partial charge in [0.15, 0.2) is 0 Å². The van der Waals surface area contributed by atoms with E-state index >= 15 is 0 Å². The number of aliphatic hydroxyl groups excluding tert-OH is 1. The Morgan fingerprint density at radius 3 is 2.56 bits per heavy atom. The zero-order valence-corrected chi connectivity index (χ0v) is 11.0. The van der Waals surface area contributed by atoms with Crippen LogP contribution in [0.25, 0.3) is 0 Å². The molecular formula is C14H21FN2O. The molecule has 1 aliphatic rings. The summed E-state index contributed by atoms with van der Waals surface area (Å²) < 4.78 is 13.6. The Morgan fingerprint density at radius 2 is 2.00 bits per heavy atom.